The smallest absolute Gasteiger partial charge is 0.252 e. The Balaban J connectivity index is 1.87. The summed E-state index contributed by atoms with van der Waals surface area (Å²) in [5.41, 5.74) is 3.20. The fraction of sp³-hybridized carbons (Fsp3) is 0.294. The van der Waals surface area contributed by atoms with Gasteiger partial charge in [0.2, 0.25) is 5.91 Å². The van der Waals surface area contributed by atoms with Crippen molar-refractivity contribution in [3.05, 3.63) is 52.1 Å². The molecule has 1 N–H and O–H groups in total. The predicted octanol–water partition coefficient (Wildman–Crippen LogP) is 3.14. The molecule has 24 heavy (non-hydrogen) atoms. The van der Waals surface area contributed by atoms with E-state index in [9.17, 15) is 4.79 Å². The molecule has 0 radical (unpaired) electrons. The highest BCUT2D eigenvalue weighted by Gasteiger charge is 2.15. The standard InChI is InChI=1S/C17H18ClN5O/c1-4-15-21-17-19-10(2)14(11(3)23(17)22-15)9-16(24)20-13-7-5-6-12(18)8-13/h5-8H,4,9H2,1-3H3,(H,20,24). The molecule has 2 heterocycles. The average Bonchev–Trinajstić information content (AvgIpc) is 2.94. The topological polar surface area (TPSA) is 72.2 Å². The van der Waals surface area contributed by atoms with E-state index in [2.05, 4.69) is 20.4 Å². The van der Waals surface area contributed by atoms with Crippen molar-refractivity contribution >= 4 is 29.0 Å². The molecule has 3 aromatic rings. The third-order valence-electron chi connectivity index (χ3n) is 3.85. The Bertz CT molecular complexity index is 919. The molecular formula is C17H18ClN5O. The number of aromatic nitrogens is 4. The van der Waals surface area contributed by atoms with Crippen LogP contribution in [0.3, 0.4) is 0 Å². The lowest BCUT2D eigenvalue weighted by atomic mass is 10.1. The summed E-state index contributed by atoms with van der Waals surface area (Å²) < 4.78 is 1.70. The zero-order chi connectivity index (χ0) is 17.3. The minimum Gasteiger partial charge on any atom is -0.326 e. The molecule has 7 heteroatoms. The number of anilines is 1. The van der Waals surface area contributed by atoms with Gasteiger partial charge in [0.25, 0.3) is 5.78 Å². The number of nitrogens with zero attached hydrogens (tertiary/aromatic N) is 4. The van der Waals surface area contributed by atoms with Crippen molar-refractivity contribution in [2.45, 2.75) is 33.6 Å². The first kappa shape index (κ1) is 16.4. The summed E-state index contributed by atoms with van der Waals surface area (Å²) in [5, 5.41) is 7.86. The lowest BCUT2D eigenvalue weighted by Gasteiger charge is -2.11. The van der Waals surface area contributed by atoms with Crippen LogP contribution >= 0.6 is 11.6 Å². The third-order valence-corrected chi connectivity index (χ3v) is 4.09. The maximum absolute atomic E-state index is 12.4. The quantitative estimate of drug-likeness (QED) is 0.790. The summed E-state index contributed by atoms with van der Waals surface area (Å²) in [6.45, 7) is 5.81. The van der Waals surface area contributed by atoms with E-state index >= 15 is 0 Å². The number of aryl methyl sites for hydroxylation is 3. The summed E-state index contributed by atoms with van der Waals surface area (Å²) in [7, 11) is 0. The number of rotatable bonds is 4. The van der Waals surface area contributed by atoms with E-state index in [1.165, 1.54) is 0 Å². The van der Waals surface area contributed by atoms with Crippen molar-refractivity contribution < 1.29 is 4.79 Å². The van der Waals surface area contributed by atoms with Crippen LogP contribution in [-0.2, 0) is 17.6 Å². The van der Waals surface area contributed by atoms with Gasteiger partial charge in [-0.2, -0.15) is 4.98 Å². The second-order valence-corrected chi connectivity index (χ2v) is 6.03. The highest BCUT2D eigenvalue weighted by Crippen LogP contribution is 2.17. The zero-order valence-electron chi connectivity index (χ0n) is 13.8. The second kappa shape index (κ2) is 6.57. The molecule has 0 spiro atoms. The molecule has 0 fully saturated rings. The van der Waals surface area contributed by atoms with Crippen molar-refractivity contribution in [1.29, 1.82) is 0 Å². The van der Waals surface area contributed by atoms with E-state index in [-0.39, 0.29) is 12.3 Å². The van der Waals surface area contributed by atoms with Gasteiger partial charge in [0.15, 0.2) is 5.82 Å². The summed E-state index contributed by atoms with van der Waals surface area (Å²) in [4.78, 5) is 21.2. The highest BCUT2D eigenvalue weighted by molar-refractivity contribution is 6.30. The first-order chi connectivity index (χ1) is 11.5. The molecule has 1 amide bonds. The number of carbonyl (C=O) groups excluding carboxylic acids is 1. The van der Waals surface area contributed by atoms with Gasteiger partial charge < -0.3 is 5.32 Å². The molecular weight excluding hydrogens is 326 g/mol. The average molecular weight is 344 g/mol. The molecule has 0 saturated heterocycles. The van der Waals surface area contributed by atoms with Crippen LogP contribution in [0, 0.1) is 13.8 Å². The Hall–Kier alpha value is -2.47. The molecule has 124 valence electrons. The van der Waals surface area contributed by atoms with Crippen LogP contribution in [-0.4, -0.2) is 25.5 Å². The molecule has 0 aliphatic carbocycles. The van der Waals surface area contributed by atoms with Crippen molar-refractivity contribution in [2.24, 2.45) is 0 Å². The van der Waals surface area contributed by atoms with Crippen molar-refractivity contribution in [3.63, 3.8) is 0 Å². The van der Waals surface area contributed by atoms with Gasteiger partial charge in [0.1, 0.15) is 0 Å². The van der Waals surface area contributed by atoms with Gasteiger partial charge in [-0.05, 0) is 32.0 Å². The first-order valence-electron chi connectivity index (χ1n) is 7.75. The molecule has 0 bridgehead atoms. The van der Waals surface area contributed by atoms with Crippen LogP contribution in [0.15, 0.2) is 24.3 Å². The summed E-state index contributed by atoms with van der Waals surface area (Å²) >= 11 is 5.94. The van der Waals surface area contributed by atoms with Gasteiger partial charge in [-0.3, -0.25) is 4.79 Å². The first-order valence-corrected chi connectivity index (χ1v) is 8.13. The largest absolute Gasteiger partial charge is 0.326 e. The minimum atomic E-state index is -0.125. The minimum absolute atomic E-state index is 0.125. The maximum Gasteiger partial charge on any atom is 0.252 e. The molecule has 3 rings (SSSR count). The Morgan fingerprint density at radius 1 is 1.29 bits per heavy atom. The molecule has 0 aliphatic rings. The van der Waals surface area contributed by atoms with Crippen molar-refractivity contribution in [3.8, 4) is 0 Å². The third kappa shape index (κ3) is 3.23. The van der Waals surface area contributed by atoms with Gasteiger partial charge >= 0.3 is 0 Å². The van der Waals surface area contributed by atoms with Crippen LogP contribution in [0.5, 0.6) is 0 Å². The lowest BCUT2D eigenvalue weighted by Crippen LogP contribution is -2.17. The zero-order valence-corrected chi connectivity index (χ0v) is 14.6. The number of hydrogen-bond acceptors (Lipinski definition) is 4. The van der Waals surface area contributed by atoms with E-state index < -0.39 is 0 Å². The Kier molecular flexibility index (Phi) is 4.49. The summed E-state index contributed by atoms with van der Waals surface area (Å²) in [6, 6.07) is 7.07. The number of carbonyl (C=O) groups is 1. The van der Waals surface area contributed by atoms with E-state index in [1.54, 1.807) is 28.8 Å². The summed E-state index contributed by atoms with van der Waals surface area (Å²) in [6.07, 6.45) is 0.959. The number of halogens is 1. The lowest BCUT2D eigenvalue weighted by molar-refractivity contribution is -0.115. The van der Waals surface area contributed by atoms with Crippen LogP contribution in [0.2, 0.25) is 5.02 Å². The molecule has 0 unspecified atom stereocenters. The number of nitrogens with one attached hydrogen (secondary N) is 1. The SMILES string of the molecule is CCc1nc2nc(C)c(CC(=O)Nc3cccc(Cl)c3)c(C)n2n1. The predicted molar refractivity (Wildman–Crippen MR) is 93.4 cm³/mol. The Morgan fingerprint density at radius 3 is 2.79 bits per heavy atom. The van der Waals surface area contributed by atoms with E-state index in [0.29, 0.717) is 16.5 Å². The molecule has 6 nitrogen and oxygen atoms in total. The van der Waals surface area contributed by atoms with Gasteiger partial charge in [-0.25, -0.2) is 9.50 Å². The van der Waals surface area contributed by atoms with Gasteiger partial charge in [0.05, 0.1) is 6.42 Å². The number of benzene rings is 1. The van der Waals surface area contributed by atoms with Gasteiger partial charge in [-0.1, -0.05) is 24.6 Å². The van der Waals surface area contributed by atoms with E-state index in [1.807, 2.05) is 20.8 Å². The molecule has 1 aromatic carbocycles. The van der Waals surface area contributed by atoms with Crippen LogP contribution in [0.4, 0.5) is 5.69 Å². The fourth-order valence-corrected chi connectivity index (χ4v) is 2.78. The maximum atomic E-state index is 12.4. The molecule has 0 atom stereocenters. The normalized spacial score (nSPS) is 11.0. The van der Waals surface area contributed by atoms with Crippen molar-refractivity contribution in [1.82, 2.24) is 19.6 Å². The van der Waals surface area contributed by atoms with E-state index in [0.717, 1.165) is 29.2 Å². The van der Waals surface area contributed by atoms with Gasteiger partial charge in [-0.15, -0.1) is 5.10 Å². The van der Waals surface area contributed by atoms with Gasteiger partial charge in [0, 0.05) is 34.1 Å². The van der Waals surface area contributed by atoms with Crippen LogP contribution < -0.4 is 5.32 Å². The number of fused-ring (bicyclic) bond motifs is 1. The van der Waals surface area contributed by atoms with Crippen LogP contribution in [0.1, 0.15) is 29.7 Å². The van der Waals surface area contributed by atoms with E-state index in [4.69, 9.17) is 11.6 Å². The molecule has 0 aliphatic heterocycles. The Morgan fingerprint density at radius 2 is 2.08 bits per heavy atom. The molecule has 0 saturated carbocycles. The monoisotopic (exact) mass is 343 g/mol. The fourth-order valence-electron chi connectivity index (χ4n) is 2.59. The summed E-state index contributed by atoms with van der Waals surface area (Å²) in [5.74, 6) is 1.19. The second-order valence-electron chi connectivity index (χ2n) is 5.59. The highest BCUT2D eigenvalue weighted by atomic mass is 35.5. The number of amides is 1. The Labute approximate surface area is 144 Å². The number of hydrogen-bond donors (Lipinski definition) is 1. The van der Waals surface area contributed by atoms with Crippen molar-refractivity contribution in [2.75, 3.05) is 5.32 Å². The van der Waals surface area contributed by atoms with Crippen LogP contribution in [0.25, 0.3) is 5.78 Å². The molecule has 2 aromatic heterocycles.